The molecule has 46 heavy (non-hydrogen) atoms. The van der Waals surface area contributed by atoms with Crippen molar-refractivity contribution in [2.45, 2.75) is 26.5 Å². The third-order valence-corrected chi connectivity index (χ3v) is 8.80. The van der Waals surface area contributed by atoms with E-state index in [2.05, 4.69) is 96.7 Å². The second-order valence-corrected chi connectivity index (χ2v) is 12.9. The molecule has 0 saturated carbocycles. The average Bonchev–Trinajstić information content (AvgIpc) is 3.03. The maximum Gasteiger partial charge on any atom is 0.338 e. The largest absolute Gasteiger partial charge is 0.487 e. The van der Waals surface area contributed by atoms with Gasteiger partial charge in [-0.1, -0.05) is 54.6 Å². The fourth-order valence-electron chi connectivity index (χ4n) is 4.89. The number of carbonyl (C=O) groups is 2. The molecule has 1 aliphatic heterocycles. The first kappa shape index (κ1) is 33.6. The zero-order chi connectivity index (χ0) is 32.6. The maximum absolute atomic E-state index is 12.8. The summed E-state index contributed by atoms with van der Waals surface area (Å²) in [7, 11) is 0. The van der Waals surface area contributed by atoms with Gasteiger partial charge in [0.1, 0.15) is 18.1 Å². The highest BCUT2D eigenvalue weighted by Gasteiger charge is 2.32. The summed E-state index contributed by atoms with van der Waals surface area (Å²) in [4.78, 5) is 25.4. The molecule has 3 N–H and O–H groups in total. The fourth-order valence-corrected chi connectivity index (χ4v) is 7.29. The zero-order valence-electron chi connectivity index (χ0n) is 24.9. The number of thiocarbonyl (C=S) groups is 1. The van der Waals surface area contributed by atoms with Crippen LogP contribution >= 0.6 is 57.4 Å². The molecule has 0 bridgehead atoms. The van der Waals surface area contributed by atoms with Crippen LogP contribution in [0.4, 0.5) is 0 Å². The van der Waals surface area contributed by atoms with E-state index in [9.17, 15) is 9.59 Å². The minimum atomic E-state index is -0.616. The van der Waals surface area contributed by atoms with E-state index in [0.717, 1.165) is 24.0 Å². The van der Waals surface area contributed by atoms with Crippen LogP contribution in [0.25, 0.3) is 10.8 Å². The summed E-state index contributed by atoms with van der Waals surface area (Å²) in [5, 5.41) is 12.9. The van der Waals surface area contributed by atoms with Gasteiger partial charge in [-0.3, -0.25) is 4.79 Å². The third-order valence-electron chi connectivity index (χ3n) is 6.97. The molecule has 0 fully saturated rings. The molecule has 0 aliphatic carbocycles. The summed E-state index contributed by atoms with van der Waals surface area (Å²) < 4.78 is 19.2. The fraction of sp³-hybridized carbons (Fsp3) is 0.176. The number of hydrazone groups is 1. The van der Waals surface area contributed by atoms with Crippen LogP contribution in [0.2, 0.25) is 0 Å². The van der Waals surface area contributed by atoms with Crippen LogP contribution in [0.1, 0.15) is 36.6 Å². The number of hydrogen-bond donors (Lipinski definition) is 3. The predicted molar refractivity (Wildman–Crippen MR) is 199 cm³/mol. The summed E-state index contributed by atoms with van der Waals surface area (Å²) in [5.74, 6) is 0.296. The number of ether oxygens (including phenoxy) is 3. The molecule has 0 spiro atoms. The lowest BCUT2D eigenvalue weighted by molar-refractivity contribution is -0.139. The SMILES string of the molecule is CCOC(=O)C1=C(C)NC(=S)N[C@H]1c1ccccc1OCC(=O)NN=Cc1cc(I)c(OCc2ccc3ccccc3c2)c(I)c1. The number of para-hydroxylation sites is 1. The van der Waals surface area contributed by atoms with Gasteiger partial charge in [-0.2, -0.15) is 5.10 Å². The van der Waals surface area contributed by atoms with Crippen LogP contribution in [0.3, 0.4) is 0 Å². The van der Waals surface area contributed by atoms with E-state index in [-0.39, 0.29) is 13.2 Å². The highest BCUT2D eigenvalue weighted by atomic mass is 127. The molecular formula is C34H30I2N4O5S. The summed E-state index contributed by atoms with van der Waals surface area (Å²) in [5.41, 5.74) is 6.01. The Hall–Kier alpha value is -3.76. The molecule has 9 nitrogen and oxygen atoms in total. The molecule has 12 heteroatoms. The number of amides is 1. The van der Waals surface area contributed by atoms with Crippen molar-refractivity contribution in [3.63, 3.8) is 0 Å². The molecule has 5 rings (SSSR count). The van der Waals surface area contributed by atoms with Gasteiger partial charge in [-0.15, -0.1) is 0 Å². The molecule has 236 valence electrons. The molecule has 1 amide bonds. The standard InChI is InChI=1S/C34H30I2N4O5S/c1-3-43-33(42)30-20(2)38-34(46)39-31(30)25-10-6-7-11-28(25)44-19-29(41)40-37-17-22-15-26(35)32(27(36)16-22)45-18-21-12-13-23-8-4-5-9-24(23)14-21/h4-17,31H,3,18-19H2,1-2H3,(H,40,41)(H2,38,39,46)/t31-/m0/s1. The Labute approximate surface area is 299 Å². The summed E-state index contributed by atoms with van der Waals surface area (Å²) in [6, 6.07) is 25.0. The predicted octanol–water partition coefficient (Wildman–Crippen LogP) is 6.51. The van der Waals surface area contributed by atoms with E-state index < -0.39 is 17.9 Å². The van der Waals surface area contributed by atoms with Crippen LogP contribution in [-0.4, -0.2) is 36.4 Å². The molecular weight excluding hydrogens is 830 g/mol. The number of esters is 1. The lowest BCUT2D eigenvalue weighted by atomic mass is 9.95. The van der Waals surface area contributed by atoms with E-state index in [4.69, 9.17) is 26.4 Å². The van der Waals surface area contributed by atoms with Gasteiger partial charge in [0.15, 0.2) is 11.7 Å². The molecule has 1 aliphatic rings. The van der Waals surface area contributed by atoms with E-state index >= 15 is 0 Å². The van der Waals surface area contributed by atoms with Crippen molar-refractivity contribution in [1.29, 1.82) is 0 Å². The van der Waals surface area contributed by atoms with Crippen LogP contribution < -0.4 is 25.5 Å². The number of halogens is 2. The number of carbonyl (C=O) groups excluding carboxylic acids is 2. The second-order valence-electron chi connectivity index (χ2n) is 10.2. The lowest BCUT2D eigenvalue weighted by Gasteiger charge is -2.30. The van der Waals surface area contributed by atoms with Gasteiger partial charge < -0.3 is 24.8 Å². The molecule has 0 saturated heterocycles. The topological polar surface area (TPSA) is 110 Å². The van der Waals surface area contributed by atoms with Crippen LogP contribution in [-0.2, 0) is 20.9 Å². The normalized spacial score (nSPS) is 14.5. The Morgan fingerprint density at radius 1 is 0.978 bits per heavy atom. The first-order chi connectivity index (χ1) is 22.2. The zero-order valence-corrected chi connectivity index (χ0v) is 30.1. The number of hydrogen-bond acceptors (Lipinski definition) is 7. The third kappa shape index (κ3) is 8.33. The van der Waals surface area contributed by atoms with Gasteiger partial charge >= 0.3 is 5.97 Å². The second kappa shape index (κ2) is 15.7. The molecule has 0 unspecified atom stereocenters. The molecule has 0 aromatic heterocycles. The Balaban J connectivity index is 1.19. The van der Waals surface area contributed by atoms with Gasteiger partial charge in [-0.25, -0.2) is 10.2 Å². The van der Waals surface area contributed by atoms with E-state index in [1.54, 1.807) is 32.2 Å². The summed E-state index contributed by atoms with van der Waals surface area (Å²) >= 11 is 9.81. The molecule has 4 aromatic rings. The van der Waals surface area contributed by atoms with Crippen molar-refractivity contribution in [3.8, 4) is 11.5 Å². The maximum atomic E-state index is 12.8. The van der Waals surface area contributed by atoms with Crippen molar-refractivity contribution >= 4 is 91.4 Å². The Bertz CT molecular complexity index is 1840. The first-order valence-corrected chi connectivity index (χ1v) is 16.9. The smallest absolute Gasteiger partial charge is 0.338 e. The highest BCUT2D eigenvalue weighted by Crippen LogP contribution is 2.34. The Morgan fingerprint density at radius 2 is 1.70 bits per heavy atom. The van der Waals surface area contributed by atoms with Crippen molar-refractivity contribution in [2.75, 3.05) is 13.2 Å². The molecule has 1 atom stereocenters. The molecule has 1 heterocycles. The Morgan fingerprint density at radius 3 is 2.46 bits per heavy atom. The van der Waals surface area contributed by atoms with Gasteiger partial charge in [0, 0.05) is 11.3 Å². The highest BCUT2D eigenvalue weighted by molar-refractivity contribution is 14.1. The van der Waals surface area contributed by atoms with E-state index in [1.807, 2.05) is 36.4 Å². The van der Waals surface area contributed by atoms with Crippen LogP contribution in [0, 0.1) is 7.14 Å². The monoisotopic (exact) mass is 860 g/mol. The number of nitrogens with one attached hydrogen (secondary N) is 3. The van der Waals surface area contributed by atoms with E-state index in [1.165, 1.54) is 10.8 Å². The van der Waals surface area contributed by atoms with Gasteiger partial charge in [0.05, 0.1) is 31.6 Å². The summed E-state index contributed by atoms with van der Waals surface area (Å²) in [6.45, 7) is 3.89. The Kier molecular flexibility index (Phi) is 11.5. The summed E-state index contributed by atoms with van der Waals surface area (Å²) in [6.07, 6.45) is 1.57. The van der Waals surface area contributed by atoms with Crippen molar-refractivity contribution in [1.82, 2.24) is 16.1 Å². The van der Waals surface area contributed by atoms with Crippen LogP contribution in [0.15, 0.2) is 95.2 Å². The first-order valence-electron chi connectivity index (χ1n) is 14.3. The number of allylic oxidation sites excluding steroid dienone is 1. The number of fused-ring (bicyclic) bond motifs is 1. The number of rotatable bonds is 11. The lowest BCUT2D eigenvalue weighted by Crippen LogP contribution is -2.45. The minimum Gasteiger partial charge on any atom is -0.487 e. The van der Waals surface area contributed by atoms with Crippen molar-refractivity contribution in [2.24, 2.45) is 5.10 Å². The van der Waals surface area contributed by atoms with E-state index in [0.29, 0.717) is 34.3 Å². The molecule has 4 aromatic carbocycles. The minimum absolute atomic E-state index is 0.230. The average molecular weight is 861 g/mol. The van der Waals surface area contributed by atoms with Crippen LogP contribution in [0.5, 0.6) is 11.5 Å². The quantitative estimate of drug-likeness (QED) is 0.0515. The number of nitrogens with zero attached hydrogens (tertiary/aromatic N) is 1. The van der Waals surface area contributed by atoms with Gasteiger partial charge in [0.2, 0.25) is 0 Å². The van der Waals surface area contributed by atoms with Crippen molar-refractivity contribution in [3.05, 3.63) is 114 Å². The van der Waals surface area contributed by atoms with Crippen molar-refractivity contribution < 1.29 is 23.8 Å². The van der Waals surface area contributed by atoms with Gasteiger partial charge in [-0.05, 0) is 117 Å². The molecule has 0 radical (unpaired) electrons. The number of benzene rings is 4. The van der Waals surface area contributed by atoms with Gasteiger partial charge in [0.25, 0.3) is 5.91 Å².